The van der Waals surface area contributed by atoms with Crippen LogP contribution in [0.5, 0.6) is 0 Å². The molecule has 0 spiro atoms. The van der Waals surface area contributed by atoms with Crippen molar-refractivity contribution in [2.75, 3.05) is 31.1 Å². The van der Waals surface area contributed by atoms with Crippen LogP contribution in [0.2, 0.25) is 0 Å². The van der Waals surface area contributed by atoms with Crippen LogP contribution in [0, 0.1) is 18.6 Å². The standard InChI is InChI=1S/C21H25N5S/c1-16-7-6-10-19(17(16)2)25-13-11-24(12-14-25)15-20-22-23-21(27)26(20)18-8-4-3-5-9-18/h3-10H,11-15H2,1-2H3,(H,23,27)/p+1. The van der Waals surface area contributed by atoms with Gasteiger partial charge in [0.25, 0.3) is 0 Å². The first kappa shape index (κ1) is 17.9. The second-order valence-corrected chi connectivity index (χ2v) is 7.64. The van der Waals surface area contributed by atoms with E-state index >= 15 is 0 Å². The molecule has 0 unspecified atom stereocenters. The van der Waals surface area contributed by atoms with Crippen molar-refractivity contribution in [3.05, 3.63) is 70.3 Å². The van der Waals surface area contributed by atoms with Gasteiger partial charge in [0.15, 0.2) is 10.6 Å². The quantitative estimate of drug-likeness (QED) is 0.683. The number of nitrogens with one attached hydrogen (secondary N) is 2. The van der Waals surface area contributed by atoms with Crippen molar-refractivity contribution >= 4 is 17.9 Å². The molecular weight excluding hydrogens is 354 g/mol. The van der Waals surface area contributed by atoms with E-state index in [1.165, 1.54) is 16.8 Å². The van der Waals surface area contributed by atoms with E-state index in [9.17, 15) is 0 Å². The molecule has 0 atom stereocenters. The van der Waals surface area contributed by atoms with Crippen LogP contribution in [-0.4, -0.2) is 40.9 Å². The van der Waals surface area contributed by atoms with Gasteiger partial charge in [-0.15, -0.1) is 0 Å². The number of aromatic nitrogens is 3. The largest absolute Gasteiger partial charge is 0.360 e. The Morgan fingerprint density at radius 3 is 2.52 bits per heavy atom. The van der Waals surface area contributed by atoms with Crippen LogP contribution in [0.25, 0.3) is 5.69 Å². The number of quaternary nitrogens is 1. The summed E-state index contributed by atoms with van der Waals surface area (Å²) in [7, 11) is 0. The second-order valence-electron chi connectivity index (χ2n) is 7.25. The zero-order valence-electron chi connectivity index (χ0n) is 15.9. The minimum absolute atomic E-state index is 0.657. The number of anilines is 1. The van der Waals surface area contributed by atoms with E-state index in [2.05, 4.69) is 63.8 Å². The molecule has 2 heterocycles. The molecule has 1 aromatic heterocycles. The molecular formula is C21H26N5S+. The fourth-order valence-corrected chi connectivity index (χ4v) is 4.09. The van der Waals surface area contributed by atoms with Gasteiger partial charge in [0.2, 0.25) is 0 Å². The Balaban J connectivity index is 1.46. The average Bonchev–Trinajstić information content (AvgIpc) is 3.05. The highest BCUT2D eigenvalue weighted by molar-refractivity contribution is 7.71. The van der Waals surface area contributed by atoms with Gasteiger partial charge in [-0.05, 0) is 55.4 Å². The molecule has 5 nitrogen and oxygen atoms in total. The van der Waals surface area contributed by atoms with Crippen LogP contribution in [0.4, 0.5) is 5.69 Å². The number of nitrogens with zero attached hydrogens (tertiary/aromatic N) is 3. The molecule has 0 radical (unpaired) electrons. The Hall–Kier alpha value is -2.44. The van der Waals surface area contributed by atoms with E-state index in [1.54, 1.807) is 4.90 Å². The molecule has 1 aliphatic heterocycles. The summed E-state index contributed by atoms with van der Waals surface area (Å²) in [5, 5.41) is 7.47. The van der Waals surface area contributed by atoms with Crippen LogP contribution in [0.1, 0.15) is 17.0 Å². The van der Waals surface area contributed by atoms with Crippen LogP contribution < -0.4 is 9.80 Å². The van der Waals surface area contributed by atoms with Crippen molar-refractivity contribution in [2.45, 2.75) is 20.4 Å². The highest BCUT2D eigenvalue weighted by Gasteiger charge is 2.23. The van der Waals surface area contributed by atoms with Crippen molar-refractivity contribution in [3.63, 3.8) is 0 Å². The molecule has 6 heteroatoms. The third-order valence-corrected chi connectivity index (χ3v) is 5.83. The highest BCUT2D eigenvalue weighted by atomic mass is 32.1. The molecule has 0 amide bonds. The van der Waals surface area contributed by atoms with E-state index in [4.69, 9.17) is 12.2 Å². The molecule has 1 saturated heterocycles. The monoisotopic (exact) mass is 380 g/mol. The van der Waals surface area contributed by atoms with Gasteiger partial charge in [-0.25, -0.2) is 0 Å². The third-order valence-electron chi connectivity index (χ3n) is 5.55. The number of piperazine rings is 1. The van der Waals surface area contributed by atoms with Gasteiger partial charge in [0.05, 0.1) is 26.2 Å². The predicted molar refractivity (Wildman–Crippen MR) is 111 cm³/mol. The summed E-state index contributed by atoms with van der Waals surface area (Å²) in [6.07, 6.45) is 0. The Kier molecular flexibility index (Phi) is 5.09. The maximum atomic E-state index is 5.46. The smallest absolute Gasteiger partial charge is 0.200 e. The van der Waals surface area contributed by atoms with Crippen LogP contribution in [-0.2, 0) is 6.54 Å². The normalized spacial score (nSPS) is 15.3. The van der Waals surface area contributed by atoms with E-state index < -0.39 is 0 Å². The SMILES string of the molecule is Cc1cccc(N2CC[NH+](Cc3n[nH]c(=S)n3-c3ccccc3)CC2)c1C. The summed E-state index contributed by atoms with van der Waals surface area (Å²) in [6.45, 7) is 9.62. The summed E-state index contributed by atoms with van der Waals surface area (Å²) >= 11 is 5.46. The van der Waals surface area contributed by atoms with Gasteiger partial charge < -0.3 is 9.80 Å². The van der Waals surface area contributed by atoms with Crippen LogP contribution >= 0.6 is 12.2 Å². The van der Waals surface area contributed by atoms with E-state index in [0.29, 0.717) is 4.77 Å². The third kappa shape index (κ3) is 3.68. The van der Waals surface area contributed by atoms with Gasteiger partial charge in [0.1, 0.15) is 6.54 Å². The lowest BCUT2D eigenvalue weighted by atomic mass is 10.1. The molecule has 0 aliphatic carbocycles. The van der Waals surface area contributed by atoms with E-state index in [1.807, 2.05) is 18.2 Å². The molecule has 1 fully saturated rings. The van der Waals surface area contributed by atoms with Crippen molar-refractivity contribution in [3.8, 4) is 5.69 Å². The van der Waals surface area contributed by atoms with Crippen molar-refractivity contribution < 1.29 is 4.90 Å². The molecule has 0 bridgehead atoms. The van der Waals surface area contributed by atoms with Crippen LogP contribution in [0.3, 0.4) is 0 Å². The Morgan fingerprint density at radius 2 is 1.78 bits per heavy atom. The fraction of sp³-hybridized carbons (Fsp3) is 0.333. The fourth-order valence-electron chi connectivity index (χ4n) is 3.83. The summed E-state index contributed by atoms with van der Waals surface area (Å²) in [6, 6.07) is 16.8. The van der Waals surface area contributed by atoms with Gasteiger partial charge in [-0.3, -0.25) is 9.67 Å². The summed E-state index contributed by atoms with van der Waals surface area (Å²) < 4.78 is 2.71. The number of aryl methyl sites for hydroxylation is 1. The topological polar surface area (TPSA) is 41.3 Å². The summed E-state index contributed by atoms with van der Waals surface area (Å²) in [5.74, 6) is 1.00. The number of hydrogen-bond donors (Lipinski definition) is 2. The Morgan fingerprint density at radius 1 is 1.04 bits per heavy atom. The van der Waals surface area contributed by atoms with Gasteiger partial charge >= 0.3 is 0 Å². The number of para-hydroxylation sites is 1. The second kappa shape index (κ2) is 7.66. The van der Waals surface area contributed by atoms with E-state index in [0.717, 1.165) is 44.2 Å². The lowest BCUT2D eigenvalue weighted by Crippen LogP contribution is -3.13. The van der Waals surface area contributed by atoms with Crippen molar-refractivity contribution in [1.29, 1.82) is 0 Å². The van der Waals surface area contributed by atoms with Crippen LogP contribution in [0.15, 0.2) is 48.5 Å². The lowest BCUT2D eigenvalue weighted by Gasteiger charge is -2.34. The predicted octanol–water partition coefficient (Wildman–Crippen LogP) is 2.45. The molecule has 4 rings (SSSR count). The molecule has 2 aromatic carbocycles. The molecule has 3 aromatic rings. The van der Waals surface area contributed by atoms with Gasteiger partial charge in [-0.2, -0.15) is 5.10 Å². The number of H-pyrrole nitrogens is 1. The Labute approximate surface area is 165 Å². The maximum absolute atomic E-state index is 5.46. The summed E-state index contributed by atoms with van der Waals surface area (Å²) in [5.41, 5.74) is 5.20. The first-order chi connectivity index (χ1) is 13.1. The van der Waals surface area contributed by atoms with Crippen molar-refractivity contribution in [1.82, 2.24) is 14.8 Å². The molecule has 27 heavy (non-hydrogen) atoms. The molecule has 0 saturated carbocycles. The van der Waals surface area contributed by atoms with Gasteiger partial charge in [-0.1, -0.05) is 30.3 Å². The van der Waals surface area contributed by atoms with Crippen molar-refractivity contribution in [2.24, 2.45) is 0 Å². The van der Waals surface area contributed by atoms with Gasteiger partial charge in [0, 0.05) is 11.4 Å². The zero-order valence-corrected chi connectivity index (χ0v) is 16.7. The number of hydrogen-bond acceptors (Lipinski definition) is 3. The van der Waals surface area contributed by atoms with E-state index in [-0.39, 0.29) is 0 Å². The molecule has 1 aliphatic rings. The highest BCUT2D eigenvalue weighted by Crippen LogP contribution is 2.22. The molecule has 140 valence electrons. The minimum Gasteiger partial charge on any atom is -0.360 e. The average molecular weight is 381 g/mol. The lowest BCUT2D eigenvalue weighted by molar-refractivity contribution is -0.915. The number of rotatable bonds is 4. The minimum atomic E-state index is 0.657. The molecule has 2 N–H and O–H groups in total. The first-order valence-electron chi connectivity index (χ1n) is 9.50. The number of aromatic amines is 1. The Bertz CT molecular complexity index is 968. The first-order valence-corrected chi connectivity index (χ1v) is 9.91. The zero-order chi connectivity index (χ0) is 18.8. The summed E-state index contributed by atoms with van der Waals surface area (Å²) in [4.78, 5) is 4.06. The maximum Gasteiger partial charge on any atom is 0.200 e. The number of benzene rings is 2.